The van der Waals surface area contributed by atoms with Crippen LogP contribution in [0.4, 0.5) is 17.6 Å². The van der Waals surface area contributed by atoms with Crippen LogP contribution in [0.1, 0.15) is 49.2 Å². The summed E-state index contributed by atoms with van der Waals surface area (Å²) in [4.78, 5) is 16.1. The fraction of sp³-hybridized carbons (Fsp3) is 0.550. The van der Waals surface area contributed by atoms with Crippen LogP contribution in [0.15, 0.2) is 12.1 Å². The third-order valence-electron chi connectivity index (χ3n) is 4.83. The third kappa shape index (κ3) is 4.09. The minimum absolute atomic E-state index is 0.302. The van der Waals surface area contributed by atoms with Crippen LogP contribution in [0, 0.1) is 33.1 Å². The van der Waals surface area contributed by atoms with Crippen molar-refractivity contribution in [2.75, 3.05) is 23.3 Å². The zero-order chi connectivity index (χ0) is 18.2. The van der Waals surface area contributed by atoms with Gasteiger partial charge < -0.3 is 10.2 Å². The minimum atomic E-state index is 0.302. The number of nitrogens with one attached hydrogen (secondary N) is 1. The van der Waals surface area contributed by atoms with Crippen molar-refractivity contribution in [1.29, 1.82) is 0 Å². The lowest BCUT2D eigenvalue weighted by atomic mass is 9.84. The Hall–Kier alpha value is -2.17. The van der Waals surface area contributed by atoms with E-state index >= 15 is 0 Å². The maximum atomic E-state index is 4.72. The second kappa shape index (κ2) is 6.62. The van der Waals surface area contributed by atoms with E-state index in [1.807, 2.05) is 6.92 Å². The molecule has 2 heterocycles. The Morgan fingerprint density at radius 2 is 1.68 bits per heavy atom. The number of nitrogens with zero attached hydrogens (tertiary/aromatic N) is 4. The van der Waals surface area contributed by atoms with Gasteiger partial charge in [-0.2, -0.15) is 15.0 Å². The number of benzene rings is 1. The molecule has 1 N–H and O–H groups in total. The number of aryl methyl sites for hydroxylation is 4. The van der Waals surface area contributed by atoms with E-state index in [1.165, 1.54) is 29.5 Å². The Morgan fingerprint density at radius 1 is 1.00 bits per heavy atom. The predicted molar refractivity (Wildman–Crippen MR) is 104 cm³/mol. The quantitative estimate of drug-likeness (QED) is 0.894. The molecule has 1 aliphatic rings. The zero-order valence-electron chi connectivity index (χ0n) is 16.3. The van der Waals surface area contributed by atoms with Gasteiger partial charge >= 0.3 is 0 Å². The molecule has 0 radical (unpaired) electrons. The number of piperidine rings is 1. The predicted octanol–water partition coefficient (Wildman–Crippen LogP) is 4.48. The number of rotatable bonds is 3. The fourth-order valence-electron chi connectivity index (χ4n) is 3.75. The van der Waals surface area contributed by atoms with Gasteiger partial charge in [-0.1, -0.05) is 31.5 Å². The van der Waals surface area contributed by atoms with E-state index in [-0.39, 0.29) is 0 Å². The first-order valence-electron chi connectivity index (χ1n) is 9.06. The van der Waals surface area contributed by atoms with Crippen molar-refractivity contribution >= 4 is 17.6 Å². The summed E-state index contributed by atoms with van der Waals surface area (Å²) in [7, 11) is 0. The number of aromatic nitrogens is 3. The third-order valence-corrected chi connectivity index (χ3v) is 4.83. The Balaban J connectivity index is 1.90. The lowest BCUT2D eigenvalue weighted by molar-refractivity contribution is 0.291. The van der Waals surface area contributed by atoms with E-state index in [2.05, 4.69) is 66.9 Å². The first kappa shape index (κ1) is 17.6. The highest BCUT2D eigenvalue weighted by Gasteiger charge is 2.28. The van der Waals surface area contributed by atoms with Crippen molar-refractivity contribution in [3.05, 3.63) is 34.6 Å². The molecule has 1 aliphatic heterocycles. The number of hydrogen-bond acceptors (Lipinski definition) is 5. The zero-order valence-corrected chi connectivity index (χ0v) is 16.3. The average molecular weight is 339 g/mol. The first-order chi connectivity index (χ1) is 11.7. The van der Waals surface area contributed by atoms with Crippen LogP contribution < -0.4 is 10.2 Å². The van der Waals surface area contributed by atoms with Crippen molar-refractivity contribution < 1.29 is 0 Å². The van der Waals surface area contributed by atoms with Crippen LogP contribution in [0.5, 0.6) is 0 Å². The van der Waals surface area contributed by atoms with Gasteiger partial charge in [0.2, 0.25) is 11.9 Å². The summed E-state index contributed by atoms with van der Waals surface area (Å²) < 4.78 is 0. The molecule has 0 saturated carbocycles. The summed E-state index contributed by atoms with van der Waals surface area (Å²) in [5.41, 5.74) is 5.06. The monoisotopic (exact) mass is 339 g/mol. The molecule has 5 nitrogen and oxygen atoms in total. The van der Waals surface area contributed by atoms with E-state index < -0.39 is 0 Å². The van der Waals surface area contributed by atoms with Crippen LogP contribution in [-0.4, -0.2) is 28.0 Å². The molecule has 1 saturated heterocycles. The average Bonchev–Trinajstić information content (AvgIpc) is 2.49. The van der Waals surface area contributed by atoms with Gasteiger partial charge in [0, 0.05) is 18.8 Å². The minimum Gasteiger partial charge on any atom is -0.340 e. The van der Waals surface area contributed by atoms with E-state index in [0.717, 1.165) is 30.5 Å². The molecule has 0 atom stereocenters. The second-order valence-electron chi connectivity index (χ2n) is 8.09. The summed E-state index contributed by atoms with van der Waals surface area (Å²) in [6.45, 7) is 14.9. The Kier molecular flexibility index (Phi) is 4.67. The molecule has 25 heavy (non-hydrogen) atoms. The first-order valence-corrected chi connectivity index (χ1v) is 9.06. The van der Waals surface area contributed by atoms with Crippen LogP contribution in [0.25, 0.3) is 0 Å². The summed E-state index contributed by atoms with van der Waals surface area (Å²) in [6, 6.07) is 4.36. The Bertz CT molecular complexity index is 759. The van der Waals surface area contributed by atoms with Crippen LogP contribution >= 0.6 is 0 Å². The van der Waals surface area contributed by atoms with Crippen LogP contribution in [0.3, 0.4) is 0 Å². The molecule has 0 spiro atoms. The lowest BCUT2D eigenvalue weighted by Crippen LogP contribution is -2.41. The molecule has 1 fully saturated rings. The van der Waals surface area contributed by atoms with Crippen molar-refractivity contribution in [1.82, 2.24) is 15.0 Å². The highest BCUT2D eigenvalue weighted by molar-refractivity contribution is 5.64. The fourth-order valence-corrected chi connectivity index (χ4v) is 3.75. The maximum absolute atomic E-state index is 4.72. The SMILES string of the molecule is Cc1cc(C)c(Nc2nc(C)nc(N3CCCC(C)(C)C3)n2)c(C)c1. The number of anilines is 3. The molecule has 1 aromatic heterocycles. The van der Waals surface area contributed by atoms with Crippen LogP contribution in [0.2, 0.25) is 0 Å². The van der Waals surface area contributed by atoms with E-state index in [9.17, 15) is 0 Å². The van der Waals surface area contributed by atoms with Crippen LogP contribution in [-0.2, 0) is 0 Å². The van der Waals surface area contributed by atoms with Crippen molar-refractivity contribution in [3.8, 4) is 0 Å². The van der Waals surface area contributed by atoms with Gasteiger partial charge in [-0.05, 0) is 57.1 Å². The molecule has 0 amide bonds. The highest BCUT2D eigenvalue weighted by atomic mass is 15.3. The molecule has 2 aromatic rings. The molecule has 5 heteroatoms. The highest BCUT2D eigenvalue weighted by Crippen LogP contribution is 2.31. The van der Waals surface area contributed by atoms with Gasteiger partial charge in [0.15, 0.2) is 0 Å². The molecule has 134 valence electrons. The van der Waals surface area contributed by atoms with Gasteiger partial charge in [0.25, 0.3) is 0 Å². The van der Waals surface area contributed by atoms with Gasteiger partial charge in [-0.15, -0.1) is 0 Å². The van der Waals surface area contributed by atoms with E-state index in [0.29, 0.717) is 11.4 Å². The van der Waals surface area contributed by atoms with E-state index in [1.54, 1.807) is 0 Å². The molecule has 3 rings (SSSR count). The maximum Gasteiger partial charge on any atom is 0.232 e. The summed E-state index contributed by atoms with van der Waals surface area (Å²) in [5.74, 6) is 2.16. The molecular weight excluding hydrogens is 310 g/mol. The molecule has 1 aromatic carbocycles. The van der Waals surface area contributed by atoms with Crippen molar-refractivity contribution in [2.45, 2.75) is 54.4 Å². The largest absolute Gasteiger partial charge is 0.340 e. The number of hydrogen-bond donors (Lipinski definition) is 1. The molecule has 0 aliphatic carbocycles. The van der Waals surface area contributed by atoms with Crippen molar-refractivity contribution in [3.63, 3.8) is 0 Å². The summed E-state index contributed by atoms with van der Waals surface area (Å²) in [6.07, 6.45) is 2.43. The van der Waals surface area contributed by atoms with Gasteiger partial charge in [-0.3, -0.25) is 0 Å². The Labute approximate surface area is 150 Å². The summed E-state index contributed by atoms with van der Waals surface area (Å²) in [5, 5.41) is 3.42. The normalized spacial score (nSPS) is 16.8. The van der Waals surface area contributed by atoms with Gasteiger partial charge in [0.05, 0.1) is 0 Å². The van der Waals surface area contributed by atoms with E-state index in [4.69, 9.17) is 4.98 Å². The Morgan fingerprint density at radius 3 is 2.32 bits per heavy atom. The lowest BCUT2D eigenvalue weighted by Gasteiger charge is -2.38. The smallest absolute Gasteiger partial charge is 0.232 e. The molecule has 0 unspecified atom stereocenters. The van der Waals surface area contributed by atoms with Gasteiger partial charge in [-0.25, -0.2) is 0 Å². The second-order valence-corrected chi connectivity index (χ2v) is 8.09. The summed E-state index contributed by atoms with van der Waals surface area (Å²) >= 11 is 0. The molecule has 0 bridgehead atoms. The molecular formula is C20H29N5. The van der Waals surface area contributed by atoms with Gasteiger partial charge in [0.1, 0.15) is 5.82 Å². The van der Waals surface area contributed by atoms with Crippen molar-refractivity contribution in [2.24, 2.45) is 5.41 Å². The standard InChI is InChI=1S/C20H29N5/c1-13-10-14(2)17(15(3)11-13)23-18-21-16(4)22-19(24-18)25-9-7-8-20(5,6)12-25/h10-11H,7-9,12H2,1-6H3,(H,21,22,23,24). The topological polar surface area (TPSA) is 53.9 Å².